The van der Waals surface area contributed by atoms with Crippen LogP contribution < -0.4 is 9.84 Å². The fourth-order valence-corrected chi connectivity index (χ4v) is 8.38. The van der Waals surface area contributed by atoms with Gasteiger partial charge in [0.2, 0.25) is 0 Å². The zero-order valence-electron chi connectivity index (χ0n) is 30.7. The molecule has 2 atom stereocenters. The van der Waals surface area contributed by atoms with Gasteiger partial charge in [-0.15, -0.1) is 5.75 Å². The third kappa shape index (κ3) is 9.41. The topological polar surface area (TPSA) is 165 Å². The van der Waals surface area contributed by atoms with E-state index in [1.165, 1.54) is 36.4 Å². The van der Waals surface area contributed by atoms with E-state index in [2.05, 4.69) is 7.12 Å². The third-order valence-electron chi connectivity index (χ3n) is 9.16. The molecule has 0 spiro atoms. The number of ether oxygens (including phenoxy) is 1. The number of phenols is 2. The third-order valence-corrected chi connectivity index (χ3v) is 10.9. The van der Waals surface area contributed by atoms with Crippen molar-refractivity contribution in [2.24, 2.45) is 0 Å². The number of aromatic hydroxyl groups is 2. The van der Waals surface area contributed by atoms with Gasteiger partial charge >= 0.3 is 235 Å². The minimum Gasteiger partial charge on any atom is -0.872 e. The molecular weight excluding hydrogens is 716 g/mol. The molecule has 1 aliphatic heterocycles. The number of hydrogen-bond acceptors (Lipinski definition) is 8. The summed E-state index contributed by atoms with van der Waals surface area (Å²) in [7, 11) is 0. The van der Waals surface area contributed by atoms with Gasteiger partial charge in [0.25, 0.3) is 0 Å². The Balaban J connectivity index is 0.000000322. The van der Waals surface area contributed by atoms with Crippen LogP contribution in [0.15, 0.2) is 78.9 Å². The van der Waals surface area contributed by atoms with Gasteiger partial charge in [-0.1, -0.05) is 30.3 Å². The van der Waals surface area contributed by atoms with Crippen LogP contribution in [0.3, 0.4) is 0 Å². The number of phenolic OH excluding ortho intramolecular Hbond substituents is 2. The Hall–Kier alpha value is -5.25. The molecule has 278 valence electrons. The van der Waals surface area contributed by atoms with Crippen LogP contribution >= 0.6 is 0 Å². The van der Waals surface area contributed by atoms with Crippen molar-refractivity contribution in [3.05, 3.63) is 121 Å². The normalized spacial score (nSPS) is 18.6. The summed E-state index contributed by atoms with van der Waals surface area (Å²) in [6.45, 7) is 11.4. The molecule has 2 unspecified atom stereocenters. The van der Waals surface area contributed by atoms with Crippen LogP contribution in [0.2, 0.25) is 0 Å². The van der Waals surface area contributed by atoms with E-state index in [-0.39, 0.29) is 56.4 Å². The van der Waals surface area contributed by atoms with Gasteiger partial charge in [-0.2, -0.15) is 0 Å². The monoisotopic (exact) mass is 761 g/mol. The molecule has 4 aromatic carbocycles. The van der Waals surface area contributed by atoms with E-state index in [0.717, 1.165) is 31.4 Å². The second kappa shape index (κ2) is 15.8. The predicted octanol–water partition coefficient (Wildman–Crippen LogP) is 7.86. The second-order valence-electron chi connectivity index (χ2n) is 15.2. The van der Waals surface area contributed by atoms with Crippen LogP contribution in [-0.4, -0.2) is 51.7 Å². The number of nitro groups is 2. The van der Waals surface area contributed by atoms with Gasteiger partial charge < -0.3 is 9.84 Å². The summed E-state index contributed by atoms with van der Waals surface area (Å²) < 4.78 is 9.80. The van der Waals surface area contributed by atoms with Crippen molar-refractivity contribution in [1.82, 2.24) is 0 Å². The Morgan fingerprint density at radius 3 is 1.51 bits per heavy atom. The molecular formula is C40H45CrN4O8+. The quantitative estimate of drug-likeness (QED) is 0.148. The van der Waals surface area contributed by atoms with E-state index >= 15 is 0 Å². The summed E-state index contributed by atoms with van der Waals surface area (Å²) in [5.41, 5.74) is 0.680. The molecule has 0 bridgehead atoms. The van der Waals surface area contributed by atoms with Crippen LogP contribution in [0.1, 0.15) is 89.5 Å². The maximum atomic E-state index is 11.7. The predicted molar refractivity (Wildman–Crippen MR) is 196 cm³/mol. The molecule has 53 heavy (non-hydrogen) atoms. The fraction of sp³-hybridized carbons (Fsp3) is 0.350. The number of hydrogen-bond donors (Lipinski definition) is 2. The van der Waals surface area contributed by atoms with E-state index in [0.29, 0.717) is 28.0 Å². The van der Waals surface area contributed by atoms with E-state index in [4.69, 9.17) is 4.74 Å². The van der Waals surface area contributed by atoms with Crippen LogP contribution in [0.4, 0.5) is 11.4 Å². The number of para-hydroxylation sites is 1. The molecule has 0 radical (unpaired) electrons. The SMILES string of the molecule is CC(C)(C)c1cc([N+](=O)[O-])cc(C=[N+]2[Cr][N+](=Cc3cc([N+](=O)[O-])cc(C(C)(C)C)c3O)C3CCCCC32)c1O.[O-]c1ccc(Oc2ccccc2)cc1. The Morgan fingerprint density at radius 2 is 1.11 bits per heavy atom. The molecule has 4 aromatic rings. The van der Waals surface area contributed by atoms with E-state index in [1.807, 2.05) is 84.3 Å². The summed E-state index contributed by atoms with van der Waals surface area (Å²) in [5.74, 6) is 1.50. The first-order chi connectivity index (χ1) is 24.9. The smallest absolute Gasteiger partial charge is 0.127 e. The van der Waals surface area contributed by atoms with Gasteiger partial charge in [0.05, 0.1) is 0 Å². The van der Waals surface area contributed by atoms with Crippen molar-refractivity contribution < 1.29 is 52.7 Å². The van der Waals surface area contributed by atoms with Gasteiger partial charge in [-0.3, -0.25) is 0 Å². The number of rotatable bonds is 6. The number of nitrogens with zero attached hydrogens (tertiary/aromatic N) is 4. The average molecular weight is 762 g/mol. The van der Waals surface area contributed by atoms with Crippen molar-refractivity contribution in [1.29, 1.82) is 0 Å². The minimum absolute atomic E-state index is 0.00888. The van der Waals surface area contributed by atoms with Crippen molar-refractivity contribution >= 4 is 23.8 Å². The zero-order valence-corrected chi connectivity index (χ0v) is 32.0. The molecule has 1 saturated heterocycles. The number of non-ortho nitro benzene ring substituents is 2. The van der Waals surface area contributed by atoms with Gasteiger partial charge in [0.1, 0.15) is 11.5 Å². The summed E-state index contributed by atoms with van der Waals surface area (Å²) >= 11 is -0.308. The summed E-state index contributed by atoms with van der Waals surface area (Å²) in [5, 5.41) is 56.4. The number of benzene rings is 4. The first kappa shape index (κ1) is 39.0. The fourth-order valence-electron chi connectivity index (χ4n) is 6.39. The molecule has 2 aliphatic rings. The van der Waals surface area contributed by atoms with Crippen LogP contribution in [0, 0.1) is 20.2 Å². The maximum absolute atomic E-state index is 11.7. The van der Waals surface area contributed by atoms with Crippen molar-refractivity contribution in [2.45, 2.75) is 90.1 Å². The second-order valence-corrected chi connectivity index (χ2v) is 16.8. The molecule has 1 saturated carbocycles. The van der Waals surface area contributed by atoms with E-state index in [9.17, 15) is 35.5 Å². The number of fused-ring (bicyclic) bond motifs is 1. The van der Waals surface area contributed by atoms with Gasteiger partial charge in [0, 0.05) is 0 Å². The molecule has 2 fully saturated rings. The van der Waals surface area contributed by atoms with E-state index < -0.39 is 20.7 Å². The Bertz CT molecular complexity index is 1950. The first-order valence-electron chi connectivity index (χ1n) is 17.4. The average Bonchev–Trinajstić information content (AvgIpc) is 3.43. The first-order valence-corrected chi connectivity index (χ1v) is 18.5. The summed E-state index contributed by atoms with van der Waals surface area (Å²) in [6, 6.07) is 21.7. The Kier molecular flexibility index (Phi) is 11.6. The Morgan fingerprint density at radius 1 is 0.698 bits per heavy atom. The Labute approximate surface area is 315 Å². The van der Waals surface area contributed by atoms with E-state index in [1.54, 1.807) is 12.1 Å². The van der Waals surface area contributed by atoms with Crippen LogP contribution in [0.25, 0.3) is 0 Å². The maximum Gasteiger partial charge on any atom is 0.127 e. The van der Waals surface area contributed by atoms with Crippen molar-refractivity contribution in [2.75, 3.05) is 0 Å². The standard InChI is InChI=1S/C28H36N4O6.C12H10O2.Cr/c1-27(2,3)21-13-19(31(35)36)11-17(25(21)33)15-29-23-9-7-8-10-24(23)30-16-18-12-20(32(37)38)14-22(26(18)34)28(4,5)6;13-10-6-8-12(9-7-10)14-11-4-2-1-3-5-11;/h11-16,23-24,33-34H,7-10H2,1-6H3;1-9,13H;/q;;+2/p-1. The zero-order chi connectivity index (χ0) is 38.7. The largest absolute Gasteiger partial charge is 0.872 e. The molecule has 6 rings (SSSR count). The summed E-state index contributed by atoms with van der Waals surface area (Å²) in [6.07, 6.45) is 7.57. The molecule has 12 nitrogen and oxygen atoms in total. The van der Waals surface area contributed by atoms with Crippen molar-refractivity contribution in [3.8, 4) is 28.7 Å². The van der Waals surface area contributed by atoms with Gasteiger partial charge in [-0.05, 0) is 24.3 Å². The van der Waals surface area contributed by atoms with Crippen LogP contribution in [0.5, 0.6) is 28.7 Å². The molecule has 13 heteroatoms. The van der Waals surface area contributed by atoms with Crippen LogP contribution in [-0.2, 0) is 26.5 Å². The summed E-state index contributed by atoms with van der Waals surface area (Å²) in [4.78, 5) is 22.5. The number of nitro benzene ring substituents is 2. The van der Waals surface area contributed by atoms with Gasteiger partial charge in [0.15, 0.2) is 0 Å². The van der Waals surface area contributed by atoms with Gasteiger partial charge in [-0.25, -0.2) is 0 Å². The molecule has 1 aliphatic carbocycles. The minimum atomic E-state index is -0.494. The molecule has 1 heterocycles. The van der Waals surface area contributed by atoms with Crippen molar-refractivity contribution in [3.63, 3.8) is 0 Å². The molecule has 0 aromatic heterocycles. The molecule has 2 N–H and O–H groups in total. The molecule has 0 amide bonds.